The molecule has 5 nitrogen and oxygen atoms in total. The summed E-state index contributed by atoms with van der Waals surface area (Å²) in [6, 6.07) is -0.0116. The molecule has 22 heavy (non-hydrogen) atoms. The molecule has 5 heteroatoms. The van der Waals surface area contributed by atoms with E-state index in [9.17, 15) is 9.59 Å². The Morgan fingerprint density at radius 2 is 1.73 bits per heavy atom. The van der Waals surface area contributed by atoms with Crippen LogP contribution in [0, 0.1) is 5.92 Å². The van der Waals surface area contributed by atoms with Gasteiger partial charge >= 0.3 is 12.1 Å². The molecule has 0 spiro atoms. The second-order valence-corrected chi connectivity index (χ2v) is 6.53. The Balaban J connectivity index is 2.63. The smallest absolute Gasteiger partial charge is 0.410 e. The number of hydrogen-bond donors (Lipinski definition) is 0. The lowest BCUT2D eigenvalue weighted by Crippen LogP contribution is -2.48. The summed E-state index contributed by atoms with van der Waals surface area (Å²) in [5.74, 6) is 0.0741. The van der Waals surface area contributed by atoms with Crippen molar-refractivity contribution in [1.29, 1.82) is 0 Å². The first-order chi connectivity index (χ1) is 10.5. The second-order valence-electron chi connectivity index (χ2n) is 6.53. The van der Waals surface area contributed by atoms with Gasteiger partial charge in [-0.3, -0.25) is 4.79 Å². The quantitative estimate of drug-likeness (QED) is 0.672. The molecule has 0 aromatic carbocycles. The van der Waals surface area contributed by atoms with Crippen molar-refractivity contribution < 1.29 is 19.1 Å². The largest absolute Gasteiger partial charge is 0.465 e. The number of hydrogen-bond acceptors (Lipinski definition) is 4. The van der Waals surface area contributed by atoms with Crippen LogP contribution in [0.3, 0.4) is 0 Å². The Labute approximate surface area is 134 Å². The zero-order chi connectivity index (χ0) is 16.5. The monoisotopic (exact) mass is 313 g/mol. The van der Waals surface area contributed by atoms with E-state index in [4.69, 9.17) is 9.47 Å². The minimum atomic E-state index is -0.307. The van der Waals surface area contributed by atoms with E-state index in [1.807, 2.05) is 20.8 Å². The zero-order valence-corrected chi connectivity index (χ0v) is 14.5. The Kier molecular flexibility index (Phi) is 8.28. The van der Waals surface area contributed by atoms with Crippen LogP contribution in [0.15, 0.2) is 0 Å². The van der Waals surface area contributed by atoms with Crippen molar-refractivity contribution in [3.8, 4) is 0 Å². The average molecular weight is 313 g/mol. The minimum Gasteiger partial charge on any atom is -0.465 e. The number of amides is 1. The summed E-state index contributed by atoms with van der Waals surface area (Å²) in [5.41, 5.74) is 0. The van der Waals surface area contributed by atoms with Crippen molar-refractivity contribution in [2.45, 2.75) is 78.3 Å². The predicted molar refractivity (Wildman–Crippen MR) is 85.6 cm³/mol. The van der Waals surface area contributed by atoms with Crippen LogP contribution in [0.5, 0.6) is 0 Å². The van der Waals surface area contributed by atoms with Gasteiger partial charge in [-0.15, -0.1) is 0 Å². The fourth-order valence-electron chi connectivity index (χ4n) is 2.90. The maximum Gasteiger partial charge on any atom is 0.410 e. The number of rotatable bonds is 7. The first-order valence-corrected chi connectivity index (χ1v) is 8.56. The maximum absolute atomic E-state index is 12.3. The normalized spacial score (nSPS) is 17.1. The molecule has 0 aromatic heterocycles. The summed E-state index contributed by atoms with van der Waals surface area (Å²) < 4.78 is 10.4. The topological polar surface area (TPSA) is 55.8 Å². The Morgan fingerprint density at radius 3 is 2.27 bits per heavy atom. The molecule has 0 aliphatic heterocycles. The van der Waals surface area contributed by atoms with Crippen LogP contribution >= 0.6 is 0 Å². The van der Waals surface area contributed by atoms with E-state index in [1.165, 1.54) is 6.42 Å². The summed E-state index contributed by atoms with van der Waals surface area (Å²) in [4.78, 5) is 26.0. The highest BCUT2D eigenvalue weighted by molar-refractivity contribution is 5.73. The highest BCUT2D eigenvalue weighted by atomic mass is 16.6. The molecular weight excluding hydrogens is 282 g/mol. The summed E-state index contributed by atoms with van der Waals surface area (Å²) in [6.45, 7) is 8.49. The van der Waals surface area contributed by atoms with Gasteiger partial charge in [-0.1, -0.05) is 33.1 Å². The van der Waals surface area contributed by atoms with Crippen LogP contribution in [0.1, 0.15) is 66.2 Å². The summed E-state index contributed by atoms with van der Waals surface area (Å²) in [7, 11) is 0. The highest BCUT2D eigenvalue weighted by Crippen LogP contribution is 2.26. The molecule has 1 unspecified atom stereocenters. The molecule has 1 fully saturated rings. The number of nitrogens with zero attached hydrogens (tertiary/aromatic N) is 1. The van der Waals surface area contributed by atoms with E-state index in [1.54, 1.807) is 11.8 Å². The molecule has 0 radical (unpaired) electrons. The SMILES string of the molecule is CCOC(=O)N(C(C)CC(=O)OCC(C)C)C1CCCCC1. The van der Waals surface area contributed by atoms with Crippen LogP contribution in [0.4, 0.5) is 4.79 Å². The summed E-state index contributed by atoms with van der Waals surface area (Å²) in [5, 5.41) is 0. The molecule has 0 bridgehead atoms. The van der Waals surface area contributed by atoms with E-state index in [-0.39, 0.29) is 30.6 Å². The average Bonchev–Trinajstić information content (AvgIpc) is 2.46. The van der Waals surface area contributed by atoms with E-state index in [0.29, 0.717) is 19.1 Å². The molecule has 0 heterocycles. The number of esters is 1. The molecule has 1 aliphatic rings. The van der Waals surface area contributed by atoms with Crippen molar-refractivity contribution in [1.82, 2.24) is 4.90 Å². The predicted octanol–water partition coefficient (Wildman–Crippen LogP) is 3.76. The molecule has 0 N–H and O–H groups in total. The van der Waals surface area contributed by atoms with Crippen LogP contribution in [0.25, 0.3) is 0 Å². The van der Waals surface area contributed by atoms with Crippen LogP contribution in [0.2, 0.25) is 0 Å². The van der Waals surface area contributed by atoms with Gasteiger partial charge in [0.2, 0.25) is 0 Å². The molecule has 1 atom stereocenters. The van der Waals surface area contributed by atoms with Crippen molar-refractivity contribution >= 4 is 12.1 Å². The third kappa shape index (κ3) is 6.24. The number of ether oxygens (including phenoxy) is 2. The van der Waals surface area contributed by atoms with Gasteiger partial charge in [0.05, 0.1) is 19.6 Å². The molecule has 0 saturated heterocycles. The van der Waals surface area contributed by atoms with Crippen molar-refractivity contribution in [2.24, 2.45) is 5.92 Å². The van der Waals surface area contributed by atoms with Crippen molar-refractivity contribution in [3.05, 3.63) is 0 Å². The molecule has 1 rings (SSSR count). The van der Waals surface area contributed by atoms with Gasteiger partial charge in [0, 0.05) is 12.1 Å². The van der Waals surface area contributed by atoms with Gasteiger partial charge in [0.25, 0.3) is 0 Å². The molecule has 0 aromatic rings. The lowest BCUT2D eigenvalue weighted by molar-refractivity contribution is -0.146. The Bertz CT molecular complexity index is 351. The van der Waals surface area contributed by atoms with Crippen LogP contribution < -0.4 is 0 Å². The minimum absolute atomic E-state index is 0.181. The summed E-state index contributed by atoms with van der Waals surface area (Å²) in [6.07, 6.45) is 5.38. The van der Waals surface area contributed by atoms with E-state index in [2.05, 4.69) is 0 Å². The van der Waals surface area contributed by atoms with Gasteiger partial charge in [-0.2, -0.15) is 0 Å². The van der Waals surface area contributed by atoms with Gasteiger partial charge in [-0.25, -0.2) is 4.79 Å². The number of carbonyl (C=O) groups is 2. The standard InChI is InChI=1S/C17H31NO4/c1-5-21-17(20)18(15-9-7-6-8-10-15)14(4)11-16(19)22-12-13(2)3/h13-15H,5-12H2,1-4H3. The van der Waals surface area contributed by atoms with Gasteiger partial charge in [0.1, 0.15) is 0 Å². The summed E-state index contributed by atoms with van der Waals surface area (Å²) >= 11 is 0. The van der Waals surface area contributed by atoms with Gasteiger partial charge in [0.15, 0.2) is 0 Å². The van der Waals surface area contributed by atoms with Gasteiger partial charge < -0.3 is 14.4 Å². The van der Waals surface area contributed by atoms with E-state index >= 15 is 0 Å². The van der Waals surface area contributed by atoms with E-state index in [0.717, 1.165) is 25.7 Å². The Hall–Kier alpha value is -1.26. The first-order valence-electron chi connectivity index (χ1n) is 8.56. The number of carbonyl (C=O) groups excluding carboxylic acids is 2. The molecule has 128 valence electrons. The maximum atomic E-state index is 12.3. The fourth-order valence-corrected chi connectivity index (χ4v) is 2.90. The van der Waals surface area contributed by atoms with Crippen molar-refractivity contribution in [3.63, 3.8) is 0 Å². The van der Waals surface area contributed by atoms with E-state index < -0.39 is 0 Å². The molecule has 1 saturated carbocycles. The van der Waals surface area contributed by atoms with Crippen LogP contribution in [-0.2, 0) is 14.3 Å². The fraction of sp³-hybridized carbons (Fsp3) is 0.882. The third-order valence-corrected chi connectivity index (χ3v) is 3.96. The molecular formula is C17H31NO4. The lowest BCUT2D eigenvalue weighted by Gasteiger charge is -2.37. The lowest BCUT2D eigenvalue weighted by atomic mass is 9.93. The first kappa shape index (κ1) is 18.8. The third-order valence-electron chi connectivity index (χ3n) is 3.96. The van der Waals surface area contributed by atoms with Gasteiger partial charge in [-0.05, 0) is 32.6 Å². The zero-order valence-electron chi connectivity index (χ0n) is 14.5. The Morgan fingerprint density at radius 1 is 1.09 bits per heavy atom. The second kappa shape index (κ2) is 9.70. The molecule has 1 aliphatic carbocycles. The molecule has 1 amide bonds. The van der Waals surface area contributed by atoms with Crippen LogP contribution in [-0.4, -0.2) is 42.3 Å². The highest BCUT2D eigenvalue weighted by Gasteiger charge is 2.31. The van der Waals surface area contributed by atoms with Crippen molar-refractivity contribution in [2.75, 3.05) is 13.2 Å².